The van der Waals surface area contributed by atoms with Gasteiger partial charge in [0.2, 0.25) is 0 Å². The molecule has 1 aromatic heterocycles. The van der Waals surface area contributed by atoms with Crippen molar-refractivity contribution in [2.75, 3.05) is 6.54 Å². The van der Waals surface area contributed by atoms with Crippen LogP contribution in [0.5, 0.6) is 0 Å². The van der Waals surface area contributed by atoms with Crippen molar-refractivity contribution >= 4 is 33.2 Å². The zero-order valence-corrected chi connectivity index (χ0v) is 12.5. The van der Waals surface area contributed by atoms with E-state index < -0.39 is 0 Å². The summed E-state index contributed by atoms with van der Waals surface area (Å²) >= 11 is 5.07. The van der Waals surface area contributed by atoms with Crippen LogP contribution >= 0.6 is 27.3 Å². The van der Waals surface area contributed by atoms with Crippen molar-refractivity contribution in [3.8, 4) is 0 Å². The first-order valence-electron chi connectivity index (χ1n) is 5.72. The van der Waals surface area contributed by atoms with Gasteiger partial charge in [-0.05, 0) is 53.4 Å². The van der Waals surface area contributed by atoms with Crippen LogP contribution in [-0.4, -0.2) is 12.5 Å². The SMILES string of the molecule is Cc1ccc(Br)cc1C(=O)NCCc1ccsc1. The lowest BCUT2D eigenvalue weighted by molar-refractivity contribution is 0.0953. The van der Waals surface area contributed by atoms with E-state index in [2.05, 4.69) is 38.1 Å². The third-order valence-corrected chi connectivity index (χ3v) is 3.95. The maximum atomic E-state index is 12.0. The Hall–Kier alpha value is -1.13. The molecule has 0 aliphatic heterocycles. The molecule has 4 heteroatoms. The molecule has 0 spiro atoms. The van der Waals surface area contributed by atoms with Crippen LogP contribution in [0.15, 0.2) is 39.5 Å². The van der Waals surface area contributed by atoms with E-state index in [-0.39, 0.29) is 5.91 Å². The number of hydrogen-bond acceptors (Lipinski definition) is 2. The number of hydrogen-bond donors (Lipinski definition) is 1. The van der Waals surface area contributed by atoms with Crippen LogP contribution in [-0.2, 0) is 6.42 Å². The predicted molar refractivity (Wildman–Crippen MR) is 79.2 cm³/mol. The van der Waals surface area contributed by atoms with Gasteiger partial charge in [-0.2, -0.15) is 11.3 Å². The molecule has 0 saturated heterocycles. The van der Waals surface area contributed by atoms with E-state index in [4.69, 9.17) is 0 Å². The number of aryl methyl sites for hydroxylation is 1. The maximum absolute atomic E-state index is 12.0. The predicted octanol–water partition coefficient (Wildman–Crippen LogP) is 3.79. The Morgan fingerprint density at radius 3 is 2.94 bits per heavy atom. The summed E-state index contributed by atoms with van der Waals surface area (Å²) in [7, 11) is 0. The molecular formula is C14H14BrNOS. The summed E-state index contributed by atoms with van der Waals surface area (Å²) in [6, 6.07) is 7.83. The molecule has 1 aromatic carbocycles. The zero-order valence-electron chi connectivity index (χ0n) is 10.1. The first-order chi connectivity index (χ1) is 8.66. The average molecular weight is 324 g/mol. The van der Waals surface area contributed by atoms with Gasteiger partial charge in [-0.3, -0.25) is 4.79 Å². The topological polar surface area (TPSA) is 29.1 Å². The Morgan fingerprint density at radius 1 is 1.39 bits per heavy atom. The van der Waals surface area contributed by atoms with Crippen LogP contribution in [0.25, 0.3) is 0 Å². The van der Waals surface area contributed by atoms with Crippen molar-refractivity contribution in [1.29, 1.82) is 0 Å². The number of carbonyl (C=O) groups is 1. The Kier molecular flexibility index (Phi) is 4.55. The normalized spacial score (nSPS) is 10.3. The number of rotatable bonds is 4. The van der Waals surface area contributed by atoms with Crippen LogP contribution < -0.4 is 5.32 Å². The lowest BCUT2D eigenvalue weighted by Gasteiger charge is -2.07. The Balaban J connectivity index is 1.93. The first-order valence-corrected chi connectivity index (χ1v) is 7.46. The van der Waals surface area contributed by atoms with Crippen molar-refractivity contribution in [3.63, 3.8) is 0 Å². The fourth-order valence-corrected chi connectivity index (χ4v) is 2.75. The fourth-order valence-electron chi connectivity index (χ4n) is 1.69. The zero-order chi connectivity index (χ0) is 13.0. The molecule has 2 rings (SSSR count). The molecule has 2 nitrogen and oxygen atoms in total. The molecule has 0 saturated carbocycles. The van der Waals surface area contributed by atoms with Crippen LogP contribution in [0.2, 0.25) is 0 Å². The van der Waals surface area contributed by atoms with E-state index in [0.29, 0.717) is 6.54 Å². The van der Waals surface area contributed by atoms with Crippen LogP contribution in [0.4, 0.5) is 0 Å². The molecule has 0 aliphatic rings. The number of nitrogens with one attached hydrogen (secondary N) is 1. The lowest BCUT2D eigenvalue weighted by Crippen LogP contribution is -2.26. The minimum Gasteiger partial charge on any atom is -0.352 e. The van der Waals surface area contributed by atoms with Gasteiger partial charge in [0.25, 0.3) is 5.91 Å². The highest BCUT2D eigenvalue weighted by Crippen LogP contribution is 2.16. The van der Waals surface area contributed by atoms with E-state index in [1.54, 1.807) is 11.3 Å². The second kappa shape index (κ2) is 6.16. The largest absolute Gasteiger partial charge is 0.352 e. The fraction of sp³-hybridized carbons (Fsp3) is 0.214. The summed E-state index contributed by atoms with van der Waals surface area (Å²) in [5, 5.41) is 7.11. The molecular weight excluding hydrogens is 310 g/mol. The van der Waals surface area contributed by atoms with Crippen molar-refractivity contribution in [3.05, 3.63) is 56.2 Å². The third-order valence-electron chi connectivity index (χ3n) is 2.72. The van der Waals surface area contributed by atoms with E-state index in [1.807, 2.05) is 25.1 Å². The minimum absolute atomic E-state index is 0.0102. The molecule has 0 fully saturated rings. The monoisotopic (exact) mass is 323 g/mol. The highest BCUT2D eigenvalue weighted by atomic mass is 79.9. The number of thiophene rings is 1. The summed E-state index contributed by atoms with van der Waals surface area (Å²) < 4.78 is 0.927. The first kappa shape index (κ1) is 13.3. The average Bonchev–Trinajstić information content (AvgIpc) is 2.85. The van der Waals surface area contributed by atoms with E-state index in [9.17, 15) is 4.79 Å². The van der Waals surface area contributed by atoms with Gasteiger partial charge in [-0.1, -0.05) is 22.0 Å². The van der Waals surface area contributed by atoms with E-state index in [1.165, 1.54) is 5.56 Å². The van der Waals surface area contributed by atoms with E-state index >= 15 is 0 Å². The lowest BCUT2D eigenvalue weighted by atomic mass is 10.1. The molecule has 1 N–H and O–H groups in total. The number of benzene rings is 1. The second-order valence-corrected chi connectivity index (χ2v) is 5.79. The Labute approximate surface area is 119 Å². The smallest absolute Gasteiger partial charge is 0.251 e. The summed E-state index contributed by atoms with van der Waals surface area (Å²) in [6.45, 7) is 2.61. The van der Waals surface area contributed by atoms with Crippen LogP contribution in [0.3, 0.4) is 0 Å². The summed E-state index contributed by atoms with van der Waals surface area (Å²) in [4.78, 5) is 12.0. The van der Waals surface area contributed by atoms with Gasteiger partial charge in [-0.25, -0.2) is 0 Å². The molecule has 94 valence electrons. The Morgan fingerprint density at radius 2 is 2.22 bits per heavy atom. The molecule has 0 aliphatic carbocycles. The van der Waals surface area contributed by atoms with Crippen LogP contribution in [0, 0.1) is 6.92 Å². The number of halogens is 1. The summed E-state index contributed by atoms with van der Waals surface area (Å²) in [5.74, 6) is -0.0102. The Bertz CT molecular complexity index is 537. The molecule has 18 heavy (non-hydrogen) atoms. The van der Waals surface area contributed by atoms with E-state index in [0.717, 1.165) is 22.0 Å². The van der Waals surface area contributed by atoms with Gasteiger partial charge in [-0.15, -0.1) is 0 Å². The molecule has 1 amide bonds. The summed E-state index contributed by atoms with van der Waals surface area (Å²) in [6.07, 6.45) is 0.877. The quantitative estimate of drug-likeness (QED) is 0.911. The van der Waals surface area contributed by atoms with Gasteiger partial charge in [0, 0.05) is 16.6 Å². The molecule has 2 aromatic rings. The summed E-state index contributed by atoms with van der Waals surface area (Å²) in [5.41, 5.74) is 2.99. The minimum atomic E-state index is -0.0102. The van der Waals surface area contributed by atoms with Gasteiger partial charge < -0.3 is 5.32 Å². The van der Waals surface area contributed by atoms with Crippen molar-refractivity contribution < 1.29 is 4.79 Å². The molecule has 0 bridgehead atoms. The number of amides is 1. The van der Waals surface area contributed by atoms with Gasteiger partial charge in [0.15, 0.2) is 0 Å². The molecule has 0 atom stereocenters. The molecule has 1 heterocycles. The van der Waals surface area contributed by atoms with Gasteiger partial charge >= 0.3 is 0 Å². The van der Waals surface area contributed by atoms with Crippen molar-refractivity contribution in [2.24, 2.45) is 0 Å². The van der Waals surface area contributed by atoms with Crippen molar-refractivity contribution in [2.45, 2.75) is 13.3 Å². The van der Waals surface area contributed by atoms with Crippen molar-refractivity contribution in [1.82, 2.24) is 5.32 Å². The van der Waals surface area contributed by atoms with Crippen LogP contribution in [0.1, 0.15) is 21.5 Å². The highest BCUT2D eigenvalue weighted by molar-refractivity contribution is 9.10. The van der Waals surface area contributed by atoms with Gasteiger partial charge in [0.1, 0.15) is 0 Å². The molecule has 0 unspecified atom stereocenters. The third kappa shape index (κ3) is 3.43. The second-order valence-electron chi connectivity index (χ2n) is 4.10. The maximum Gasteiger partial charge on any atom is 0.251 e. The highest BCUT2D eigenvalue weighted by Gasteiger charge is 2.08. The number of carbonyl (C=O) groups excluding carboxylic acids is 1. The standard InChI is InChI=1S/C14H14BrNOS/c1-10-2-3-12(15)8-13(10)14(17)16-6-4-11-5-7-18-9-11/h2-3,5,7-9H,4,6H2,1H3,(H,16,17). The van der Waals surface area contributed by atoms with Gasteiger partial charge in [0.05, 0.1) is 0 Å². The molecule has 0 radical (unpaired) electrons.